The number of nitrogens with zero attached hydrogens (tertiary/aromatic N) is 2. The molecule has 0 aliphatic heterocycles. The summed E-state index contributed by atoms with van der Waals surface area (Å²) < 4.78 is 19.9. The zero-order valence-corrected chi connectivity index (χ0v) is 12.5. The summed E-state index contributed by atoms with van der Waals surface area (Å²) in [4.78, 5) is 0. The van der Waals surface area contributed by atoms with Crippen LogP contribution >= 0.6 is 15.9 Å². The molecule has 0 saturated heterocycles. The normalized spacial score (nSPS) is 10.6. The molecule has 2 aromatic carbocycles. The highest BCUT2D eigenvalue weighted by molar-refractivity contribution is 9.10. The lowest BCUT2D eigenvalue weighted by Crippen LogP contribution is -2.01. The number of halogens is 2. The minimum atomic E-state index is -0.317. The summed E-state index contributed by atoms with van der Waals surface area (Å²) >= 11 is 3.43. The Kier molecular flexibility index (Phi) is 3.96. The van der Waals surface area contributed by atoms with Gasteiger partial charge in [0, 0.05) is 4.47 Å². The lowest BCUT2D eigenvalue weighted by atomic mass is 10.2. The van der Waals surface area contributed by atoms with Gasteiger partial charge in [0.15, 0.2) is 0 Å². The quantitative estimate of drug-likeness (QED) is 0.766. The average molecular weight is 348 g/mol. The Balaban J connectivity index is 1.74. The van der Waals surface area contributed by atoms with Gasteiger partial charge in [0.25, 0.3) is 0 Å². The highest BCUT2D eigenvalue weighted by atomic mass is 79.9. The summed E-state index contributed by atoms with van der Waals surface area (Å²) in [7, 11) is 0. The molecule has 4 nitrogen and oxygen atoms in total. The smallest absolute Gasteiger partial charge is 0.248 e. The Morgan fingerprint density at radius 2 is 1.81 bits per heavy atom. The van der Waals surface area contributed by atoms with E-state index in [1.165, 1.54) is 6.07 Å². The van der Waals surface area contributed by atoms with Crippen LogP contribution in [0, 0.1) is 5.82 Å². The van der Waals surface area contributed by atoms with Crippen LogP contribution in [0.1, 0.15) is 5.89 Å². The molecule has 0 aliphatic rings. The topological polar surface area (TPSA) is 51.0 Å². The molecule has 0 fully saturated rings. The minimum Gasteiger partial charge on any atom is -0.419 e. The van der Waals surface area contributed by atoms with Crippen molar-refractivity contribution in [1.29, 1.82) is 0 Å². The molecule has 3 aromatic rings. The molecule has 6 heteroatoms. The predicted molar refractivity (Wildman–Crippen MR) is 81.2 cm³/mol. The number of anilines is 1. The van der Waals surface area contributed by atoms with Crippen LogP contribution in [0.25, 0.3) is 11.5 Å². The Bertz CT molecular complexity index is 760. The molecule has 0 unspecified atom stereocenters. The van der Waals surface area contributed by atoms with E-state index in [1.54, 1.807) is 18.2 Å². The average Bonchev–Trinajstić information content (AvgIpc) is 2.96. The third-order valence-corrected chi connectivity index (χ3v) is 3.57. The van der Waals surface area contributed by atoms with E-state index in [0.717, 1.165) is 10.0 Å². The van der Waals surface area contributed by atoms with E-state index in [0.29, 0.717) is 17.5 Å². The van der Waals surface area contributed by atoms with Crippen LogP contribution in [0.15, 0.2) is 57.4 Å². The summed E-state index contributed by atoms with van der Waals surface area (Å²) in [6.45, 7) is 0.262. The maximum atomic E-state index is 13.5. The molecule has 0 radical (unpaired) electrons. The van der Waals surface area contributed by atoms with Gasteiger partial charge >= 0.3 is 0 Å². The third kappa shape index (κ3) is 3.11. The number of nitrogens with one attached hydrogen (secondary N) is 1. The van der Waals surface area contributed by atoms with Crippen LogP contribution in [-0.2, 0) is 6.54 Å². The number of para-hydroxylation sites is 1. The van der Waals surface area contributed by atoms with Crippen molar-refractivity contribution in [2.45, 2.75) is 6.54 Å². The van der Waals surface area contributed by atoms with Gasteiger partial charge in [-0.25, -0.2) is 4.39 Å². The highest BCUT2D eigenvalue weighted by Gasteiger charge is 2.11. The second kappa shape index (κ2) is 6.05. The zero-order chi connectivity index (χ0) is 14.7. The summed E-state index contributed by atoms with van der Waals surface area (Å²) in [6.07, 6.45) is 0. The largest absolute Gasteiger partial charge is 0.419 e. The van der Waals surface area contributed by atoms with Crippen molar-refractivity contribution < 1.29 is 8.81 Å². The monoisotopic (exact) mass is 347 g/mol. The number of benzene rings is 2. The SMILES string of the molecule is Fc1ccccc1NCc1nnc(-c2ccccc2Br)o1. The highest BCUT2D eigenvalue weighted by Crippen LogP contribution is 2.26. The van der Waals surface area contributed by atoms with E-state index in [9.17, 15) is 4.39 Å². The molecule has 0 amide bonds. The molecule has 1 heterocycles. The first kappa shape index (κ1) is 13.8. The van der Waals surface area contributed by atoms with Crippen LogP contribution in [-0.4, -0.2) is 10.2 Å². The Labute approximate surface area is 129 Å². The van der Waals surface area contributed by atoms with Crippen LogP contribution in [0.5, 0.6) is 0 Å². The lowest BCUT2D eigenvalue weighted by molar-refractivity contribution is 0.514. The number of hydrogen-bond acceptors (Lipinski definition) is 4. The number of aromatic nitrogens is 2. The van der Waals surface area contributed by atoms with Gasteiger partial charge in [0.2, 0.25) is 11.8 Å². The number of rotatable bonds is 4. The Morgan fingerprint density at radius 1 is 1.05 bits per heavy atom. The molecular formula is C15H11BrFN3O. The van der Waals surface area contributed by atoms with Crippen LogP contribution in [0.2, 0.25) is 0 Å². The second-order valence-corrected chi connectivity index (χ2v) is 5.17. The van der Waals surface area contributed by atoms with Crippen molar-refractivity contribution in [3.05, 3.63) is 64.7 Å². The molecule has 0 aliphatic carbocycles. The van der Waals surface area contributed by atoms with Crippen LogP contribution < -0.4 is 5.32 Å². The fraction of sp³-hybridized carbons (Fsp3) is 0.0667. The molecule has 3 rings (SSSR count). The summed E-state index contributed by atoms with van der Waals surface area (Å²) in [5.41, 5.74) is 1.22. The third-order valence-electron chi connectivity index (χ3n) is 2.88. The first-order chi connectivity index (χ1) is 10.2. The first-order valence-corrected chi connectivity index (χ1v) is 7.09. The van der Waals surface area contributed by atoms with E-state index in [1.807, 2.05) is 24.3 Å². The Hall–Kier alpha value is -2.21. The maximum absolute atomic E-state index is 13.5. The van der Waals surface area contributed by atoms with E-state index < -0.39 is 0 Å². The van der Waals surface area contributed by atoms with E-state index >= 15 is 0 Å². The van der Waals surface area contributed by atoms with Gasteiger partial charge in [-0.3, -0.25) is 0 Å². The van der Waals surface area contributed by atoms with E-state index in [2.05, 4.69) is 31.4 Å². The van der Waals surface area contributed by atoms with Crippen molar-refractivity contribution in [2.75, 3.05) is 5.32 Å². The molecule has 0 saturated carbocycles. The van der Waals surface area contributed by atoms with Crippen molar-refractivity contribution >= 4 is 21.6 Å². The second-order valence-electron chi connectivity index (χ2n) is 4.31. The summed E-state index contributed by atoms with van der Waals surface area (Å²) in [6, 6.07) is 14.0. The summed E-state index contributed by atoms with van der Waals surface area (Å²) in [5.74, 6) is 0.500. The molecule has 0 atom stereocenters. The van der Waals surface area contributed by atoms with E-state index in [4.69, 9.17) is 4.42 Å². The molecule has 1 N–H and O–H groups in total. The van der Waals surface area contributed by atoms with Crippen molar-refractivity contribution in [3.8, 4) is 11.5 Å². The van der Waals surface area contributed by atoms with Gasteiger partial charge in [-0.15, -0.1) is 10.2 Å². The fourth-order valence-corrected chi connectivity index (χ4v) is 2.30. The molecule has 106 valence electrons. The predicted octanol–water partition coefficient (Wildman–Crippen LogP) is 4.25. The van der Waals surface area contributed by atoms with E-state index in [-0.39, 0.29) is 12.4 Å². The zero-order valence-electron chi connectivity index (χ0n) is 10.9. The Morgan fingerprint density at radius 3 is 2.62 bits per heavy atom. The lowest BCUT2D eigenvalue weighted by Gasteiger charge is -2.03. The summed E-state index contributed by atoms with van der Waals surface area (Å²) in [5, 5.41) is 10.9. The molecule has 21 heavy (non-hydrogen) atoms. The number of hydrogen-bond donors (Lipinski definition) is 1. The van der Waals surface area contributed by atoms with Crippen LogP contribution in [0.3, 0.4) is 0 Å². The fourth-order valence-electron chi connectivity index (χ4n) is 1.84. The van der Waals surface area contributed by atoms with Gasteiger partial charge in [0.05, 0.1) is 17.8 Å². The van der Waals surface area contributed by atoms with Crippen molar-refractivity contribution in [2.24, 2.45) is 0 Å². The van der Waals surface area contributed by atoms with Gasteiger partial charge < -0.3 is 9.73 Å². The van der Waals surface area contributed by atoms with Gasteiger partial charge in [-0.05, 0) is 40.2 Å². The maximum Gasteiger partial charge on any atom is 0.248 e. The molecular weight excluding hydrogens is 337 g/mol. The molecule has 1 aromatic heterocycles. The van der Waals surface area contributed by atoms with Crippen molar-refractivity contribution in [1.82, 2.24) is 10.2 Å². The van der Waals surface area contributed by atoms with Gasteiger partial charge in [-0.2, -0.15) is 0 Å². The molecule has 0 spiro atoms. The van der Waals surface area contributed by atoms with Gasteiger partial charge in [0.1, 0.15) is 5.82 Å². The van der Waals surface area contributed by atoms with Crippen molar-refractivity contribution in [3.63, 3.8) is 0 Å². The van der Waals surface area contributed by atoms with Crippen LogP contribution in [0.4, 0.5) is 10.1 Å². The standard InChI is InChI=1S/C15H11BrFN3O/c16-11-6-2-1-5-10(11)15-20-19-14(21-15)9-18-13-8-4-3-7-12(13)17/h1-8,18H,9H2. The molecule has 0 bridgehead atoms. The minimum absolute atomic E-state index is 0.262. The van der Waals surface area contributed by atoms with Gasteiger partial charge in [-0.1, -0.05) is 24.3 Å². The first-order valence-electron chi connectivity index (χ1n) is 6.30.